The topological polar surface area (TPSA) is 23.8 Å². The van der Waals surface area contributed by atoms with Crippen LogP contribution in [0, 0.1) is 17.1 Å². The summed E-state index contributed by atoms with van der Waals surface area (Å²) in [7, 11) is 0. The molecule has 0 radical (unpaired) electrons. The van der Waals surface area contributed by atoms with Crippen molar-refractivity contribution in [3.05, 3.63) is 34.1 Å². The van der Waals surface area contributed by atoms with E-state index in [1.54, 1.807) is 12.1 Å². The summed E-state index contributed by atoms with van der Waals surface area (Å²) in [4.78, 5) is 0. The molecule has 0 amide bonds. The van der Waals surface area contributed by atoms with Gasteiger partial charge in [0.2, 0.25) is 0 Å². The molecule has 0 heterocycles. The van der Waals surface area contributed by atoms with Gasteiger partial charge in [-0.3, -0.25) is 0 Å². The molecule has 0 aliphatic rings. The number of nitrogens with zero attached hydrogens (tertiary/aromatic N) is 1. The summed E-state index contributed by atoms with van der Waals surface area (Å²) < 4.78 is 13.4. The summed E-state index contributed by atoms with van der Waals surface area (Å²) in [6.07, 6.45) is 0. The van der Waals surface area contributed by atoms with Crippen molar-refractivity contribution in [1.29, 1.82) is 5.26 Å². The Balaban J connectivity index is 3.33. The molecule has 0 N–H and O–H groups in total. The van der Waals surface area contributed by atoms with Gasteiger partial charge in [-0.05, 0) is 17.5 Å². The molecule has 0 atom stereocenters. The number of hydrogen-bond donors (Lipinski definition) is 0. The van der Waals surface area contributed by atoms with Crippen LogP contribution in [-0.2, 0) is 0 Å². The van der Waals surface area contributed by atoms with Gasteiger partial charge in [-0.2, -0.15) is 5.26 Å². The molecule has 0 aromatic heterocycles. The molecule has 0 saturated carbocycles. The molecule has 1 aromatic carbocycles. The van der Waals surface area contributed by atoms with E-state index < -0.39 is 5.82 Å². The molecule has 68 valence electrons. The molecule has 0 spiro atoms. The van der Waals surface area contributed by atoms with Gasteiger partial charge in [-0.15, -0.1) is 0 Å². The summed E-state index contributed by atoms with van der Waals surface area (Å²) in [5.41, 5.74) is 0.729. The zero-order valence-electron chi connectivity index (χ0n) is 7.44. The number of benzene rings is 1. The maximum atomic E-state index is 13.4. The minimum atomic E-state index is -0.476. The lowest BCUT2D eigenvalue weighted by Crippen LogP contribution is -1.95. The van der Waals surface area contributed by atoms with E-state index in [1.165, 1.54) is 0 Å². The molecule has 1 rings (SSSR count). The highest BCUT2D eigenvalue weighted by Gasteiger charge is 2.13. The van der Waals surface area contributed by atoms with Crippen LogP contribution in [0.4, 0.5) is 4.39 Å². The molecule has 0 aliphatic heterocycles. The van der Waals surface area contributed by atoms with Crippen LogP contribution in [0.2, 0.25) is 5.02 Å². The minimum absolute atomic E-state index is 0.0743. The molecule has 3 heteroatoms. The lowest BCUT2D eigenvalue weighted by molar-refractivity contribution is 0.598. The van der Waals surface area contributed by atoms with Crippen LogP contribution >= 0.6 is 11.6 Å². The summed E-state index contributed by atoms with van der Waals surface area (Å²) in [5.74, 6) is -0.402. The van der Waals surface area contributed by atoms with E-state index in [1.807, 2.05) is 19.9 Å². The third-order valence-electron chi connectivity index (χ3n) is 1.85. The molecule has 0 unspecified atom stereocenters. The Kier molecular flexibility index (Phi) is 2.90. The molecule has 0 aliphatic carbocycles. The van der Waals surface area contributed by atoms with Gasteiger partial charge in [-0.25, -0.2) is 4.39 Å². The van der Waals surface area contributed by atoms with Crippen LogP contribution in [0.5, 0.6) is 0 Å². The molecule has 0 saturated heterocycles. The first-order valence-electron chi connectivity index (χ1n) is 3.96. The summed E-state index contributed by atoms with van der Waals surface area (Å²) >= 11 is 5.65. The predicted octanol–water partition coefficient (Wildman–Crippen LogP) is 3.47. The largest absolute Gasteiger partial charge is 0.205 e. The van der Waals surface area contributed by atoms with E-state index >= 15 is 0 Å². The second kappa shape index (κ2) is 3.76. The third kappa shape index (κ3) is 1.81. The molecule has 13 heavy (non-hydrogen) atoms. The first-order chi connectivity index (χ1) is 6.07. The average molecular weight is 198 g/mol. The number of halogens is 2. The Morgan fingerprint density at radius 3 is 2.54 bits per heavy atom. The van der Waals surface area contributed by atoms with E-state index in [-0.39, 0.29) is 16.5 Å². The fourth-order valence-electron chi connectivity index (χ4n) is 1.10. The highest BCUT2D eigenvalue weighted by molar-refractivity contribution is 6.31. The quantitative estimate of drug-likeness (QED) is 0.676. The molecule has 0 bridgehead atoms. The second-order valence-corrected chi connectivity index (χ2v) is 3.47. The van der Waals surface area contributed by atoms with Gasteiger partial charge < -0.3 is 0 Å². The van der Waals surface area contributed by atoms with Gasteiger partial charge in [0.1, 0.15) is 11.9 Å². The normalized spacial score (nSPS) is 10.2. The Bertz CT molecular complexity index is 366. The van der Waals surface area contributed by atoms with Gasteiger partial charge in [0.15, 0.2) is 0 Å². The molecular weight excluding hydrogens is 189 g/mol. The van der Waals surface area contributed by atoms with Crippen molar-refractivity contribution in [1.82, 2.24) is 0 Å². The smallest absolute Gasteiger partial charge is 0.146 e. The van der Waals surface area contributed by atoms with Crippen LogP contribution < -0.4 is 0 Å². The fourth-order valence-corrected chi connectivity index (χ4v) is 1.31. The highest BCUT2D eigenvalue weighted by Crippen LogP contribution is 2.27. The standard InChI is InChI=1S/C10H9ClFN/c1-6(2)8-4-3-7(5-13)9(11)10(8)12/h3-4,6H,1-2H3. The Morgan fingerprint density at radius 2 is 2.08 bits per heavy atom. The third-order valence-corrected chi connectivity index (χ3v) is 2.22. The van der Waals surface area contributed by atoms with Crippen molar-refractivity contribution in [2.45, 2.75) is 19.8 Å². The van der Waals surface area contributed by atoms with E-state index in [9.17, 15) is 4.39 Å². The lowest BCUT2D eigenvalue weighted by atomic mass is 10.0. The maximum absolute atomic E-state index is 13.4. The zero-order valence-corrected chi connectivity index (χ0v) is 8.19. The van der Waals surface area contributed by atoms with Crippen molar-refractivity contribution < 1.29 is 4.39 Å². The Morgan fingerprint density at radius 1 is 1.46 bits per heavy atom. The SMILES string of the molecule is CC(C)c1ccc(C#N)c(Cl)c1F. The number of hydrogen-bond acceptors (Lipinski definition) is 1. The van der Waals surface area contributed by atoms with Crippen LogP contribution in [-0.4, -0.2) is 0 Å². The fraction of sp³-hybridized carbons (Fsp3) is 0.300. The monoisotopic (exact) mass is 197 g/mol. The van der Waals surface area contributed by atoms with Crippen molar-refractivity contribution in [3.8, 4) is 6.07 Å². The van der Waals surface area contributed by atoms with E-state index in [0.717, 1.165) is 0 Å². The number of rotatable bonds is 1. The molecule has 1 nitrogen and oxygen atoms in total. The molecule has 0 fully saturated rings. The predicted molar refractivity (Wildman–Crippen MR) is 50.2 cm³/mol. The van der Waals surface area contributed by atoms with E-state index in [0.29, 0.717) is 5.56 Å². The summed E-state index contributed by atoms with van der Waals surface area (Å²) in [6.45, 7) is 3.75. The van der Waals surface area contributed by atoms with Crippen molar-refractivity contribution >= 4 is 11.6 Å². The highest BCUT2D eigenvalue weighted by atomic mass is 35.5. The number of nitriles is 1. The van der Waals surface area contributed by atoms with Crippen molar-refractivity contribution in [3.63, 3.8) is 0 Å². The van der Waals surface area contributed by atoms with Gasteiger partial charge >= 0.3 is 0 Å². The van der Waals surface area contributed by atoms with Crippen molar-refractivity contribution in [2.75, 3.05) is 0 Å². The minimum Gasteiger partial charge on any atom is -0.205 e. The van der Waals surface area contributed by atoms with Crippen LogP contribution in [0.3, 0.4) is 0 Å². The van der Waals surface area contributed by atoms with Crippen LogP contribution in [0.15, 0.2) is 12.1 Å². The lowest BCUT2D eigenvalue weighted by Gasteiger charge is -2.08. The maximum Gasteiger partial charge on any atom is 0.146 e. The molecule has 1 aromatic rings. The zero-order chi connectivity index (χ0) is 10.0. The van der Waals surface area contributed by atoms with Gasteiger partial charge in [0.05, 0.1) is 10.6 Å². The van der Waals surface area contributed by atoms with Crippen LogP contribution in [0.25, 0.3) is 0 Å². The van der Waals surface area contributed by atoms with Crippen molar-refractivity contribution in [2.24, 2.45) is 0 Å². The summed E-state index contributed by atoms with van der Waals surface area (Å²) in [5, 5.41) is 8.50. The van der Waals surface area contributed by atoms with E-state index in [2.05, 4.69) is 0 Å². The van der Waals surface area contributed by atoms with Gasteiger partial charge in [0.25, 0.3) is 0 Å². The Labute approximate surface area is 81.8 Å². The first-order valence-corrected chi connectivity index (χ1v) is 4.33. The average Bonchev–Trinajstić information content (AvgIpc) is 2.09. The molecular formula is C10H9ClFN. The van der Waals surface area contributed by atoms with Crippen LogP contribution in [0.1, 0.15) is 30.9 Å². The second-order valence-electron chi connectivity index (χ2n) is 3.10. The summed E-state index contributed by atoms with van der Waals surface area (Å²) in [6, 6.07) is 4.97. The Hall–Kier alpha value is -1.07. The van der Waals surface area contributed by atoms with Gasteiger partial charge in [-0.1, -0.05) is 31.5 Å². The van der Waals surface area contributed by atoms with Gasteiger partial charge in [0, 0.05) is 0 Å². The first kappa shape index (κ1) is 10.0. The van der Waals surface area contributed by atoms with E-state index in [4.69, 9.17) is 16.9 Å².